The average molecular weight is 203 g/mol. The second kappa shape index (κ2) is 3.53. The molecule has 0 unspecified atom stereocenters. The minimum atomic E-state index is -0.484. The summed E-state index contributed by atoms with van der Waals surface area (Å²) in [5.41, 5.74) is 0.620. The van der Waals surface area contributed by atoms with Crippen LogP contribution >= 0.6 is 0 Å². The zero-order valence-corrected chi connectivity index (χ0v) is 8.07. The first-order valence-electron chi connectivity index (χ1n) is 4.43. The Morgan fingerprint density at radius 3 is 2.87 bits per heavy atom. The largest absolute Gasteiger partial charge is 0.354 e. The zero-order valence-electron chi connectivity index (χ0n) is 8.07. The maximum atomic E-state index is 11.5. The van der Waals surface area contributed by atoms with Crippen molar-refractivity contribution in [2.75, 3.05) is 7.05 Å². The van der Waals surface area contributed by atoms with E-state index in [1.807, 2.05) is 0 Å². The third-order valence-corrected chi connectivity index (χ3v) is 2.04. The molecule has 1 aromatic carbocycles. The number of aromatic amines is 1. The molecule has 2 rings (SSSR count). The molecular weight excluding hydrogens is 194 g/mol. The summed E-state index contributed by atoms with van der Waals surface area (Å²) in [4.78, 5) is 29.3. The first-order valence-corrected chi connectivity index (χ1v) is 4.43. The minimum absolute atomic E-state index is 0.115. The Balaban J connectivity index is 2.73. The summed E-state index contributed by atoms with van der Waals surface area (Å²) < 4.78 is 0. The molecule has 0 saturated carbocycles. The number of hydrogen-bond acceptors (Lipinski definition) is 3. The fourth-order valence-electron chi connectivity index (χ4n) is 1.30. The van der Waals surface area contributed by atoms with Gasteiger partial charge in [-0.1, -0.05) is 12.1 Å². The standard InChI is InChI=1S/C10H9N3O2/c1-11-9(14)8-10(15)13-7-5-3-2-4-6(7)12-8/h2-5H,1H3,(H,11,14)(H,13,15). The van der Waals surface area contributed by atoms with Gasteiger partial charge in [0, 0.05) is 7.05 Å². The lowest BCUT2D eigenvalue weighted by Crippen LogP contribution is -2.28. The molecule has 0 aliphatic rings. The van der Waals surface area contributed by atoms with Gasteiger partial charge in [0.1, 0.15) is 0 Å². The van der Waals surface area contributed by atoms with Gasteiger partial charge in [-0.2, -0.15) is 0 Å². The minimum Gasteiger partial charge on any atom is -0.354 e. The van der Waals surface area contributed by atoms with E-state index in [9.17, 15) is 9.59 Å². The van der Waals surface area contributed by atoms with Crippen LogP contribution in [0, 0.1) is 0 Å². The van der Waals surface area contributed by atoms with Gasteiger partial charge in [-0.25, -0.2) is 4.98 Å². The molecule has 2 N–H and O–H groups in total. The third kappa shape index (κ3) is 1.59. The number of nitrogens with one attached hydrogen (secondary N) is 2. The molecule has 0 bridgehead atoms. The maximum Gasteiger partial charge on any atom is 0.280 e. The van der Waals surface area contributed by atoms with Crippen molar-refractivity contribution in [3.05, 3.63) is 40.3 Å². The normalized spacial score (nSPS) is 10.2. The highest BCUT2D eigenvalue weighted by molar-refractivity contribution is 5.93. The number of carbonyl (C=O) groups excluding carboxylic acids is 1. The molecule has 1 amide bonds. The zero-order chi connectivity index (χ0) is 10.8. The molecule has 0 saturated heterocycles. The van der Waals surface area contributed by atoms with E-state index in [4.69, 9.17) is 0 Å². The number of fused-ring (bicyclic) bond motifs is 1. The van der Waals surface area contributed by atoms with Crippen molar-refractivity contribution in [1.29, 1.82) is 0 Å². The van der Waals surface area contributed by atoms with Crippen LogP contribution in [0.1, 0.15) is 10.5 Å². The van der Waals surface area contributed by atoms with Gasteiger partial charge in [0.2, 0.25) is 0 Å². The van der Waals surface area contributed by atoms with Crippen molar-refractivity contribution in [3.8, 4) is 0 Å². The molecule has 5 heteroatoms. The van der Waals surface area contributed by atoms with Crippen molar-refractivity contribution in [1.82, 2.24) is 15.3 Å². The smallest absolute Gasteiger partial charge is 0.280 e. The van der Waals surface area contributed by atoms with Crippen LogP contribution in [0.3, 0.4) is 0 Å². The Morgan fingerprint density at radius 2 is 2.13 bits per heavy atom. The topological polar surface area (TPSA) is 74.8 Å². The molecular formula is C10H9N3O2. The number of aromatic nitrogens is 2. The lowest BCUT2D eigenvalue weighted by Gasteiger charge is -2.00. The number of rotatable bonds is 1. The van der Waals surface area contributed by atoms with Crippen LogP contribution in [-0.2, 0) is 0 Å². The number of nitrogens with zero attached hydrogens (tertiary/aromatic N) is 1. The van der Waals surface area contributed by atoms with Crippen molar-refractivity contribution < 1.29 is 4.79 Å². The number of carbonyl (C=O) groups is 1. The molecule has 0 atom stereocenters. The van der Waals surface area contributed by atoms with Crippen LogP contribution in [0.15, 0.2) is 29.1 Å². The molecule has 76 valence electrons. The van der Waals surface area contributed by atoms with E-state index in [0.29, 0.717) is 11.0 Å². The quantitative estimate of drug-likeness (QED) is 0.699. The van der Waals surface area contributed by atoms with Crippen LogP contribution in [0.5, 0.6) is 0 Å². The van der Waals surface area contributed by atoms with Crippen LogP contribution in [0.4, 0.5) is 0 Å². The lowest BCUT2D eigenvalue weighted by atomic mass is 10.3. The second-order valence-corrected chi connectivity index (χ2v) is 3.01. The summed E-state index contributed by atoms with van der Waals surface area (Å²) in [6.07, 6.45) is 0. The van der Waals surface area contributed by atoms with Gasteiger partial charge >= 0.3 is 0 Å². The molecule has 0 spiro atoms. The van der Waals surface area contributed by atoms with Gasteiger partial charge in [0.05, 0.1) is 11.0 Å². The molecule has 0 aliphatic carbocycles. The summed E-state index contributed by atoms with van der Waals surface area (Å²) in [7, 11) is 1.46. The predicted molar refractivity (Wildman–Crippen MR) is 55.8 cm³/mol. The molecule has 15 heavy (non-hydrogen) atoms. The number of para-hydroxylation sites is 2. The highest BCUT2D eigenvalue weighted by Crippen LogP contribution is 2.05. The van der Waals surface area contributed by atoms with Gasteiger partial charge in [0.25, 0.3) is 11.5 Å². The maximum absolute atomic E-state index is 11.5. The van der Waals surface area contributed by atoms with E-state index < -0.39 is 11.5 Å². The van der Waals surface area contributed by atoms with Crippen molar-refractivity contribution >= 4 is 16.9 Å². The lowest BCUT2D eigenvalue weighted by molar-refractivity contribution is 0.0957. The SMILES string of the molecule is CNC(=O)c1nc2ccccc2[nH]c1=O. The van der Waals surface area contributed by atoms with Gasteiger partial charge in [-0.05, 0) is 12.1 Å². The molecule has 5 nitrogen and oxygen atoms in total. The predicted octanol–water partition coefficient (Wildman–Crippen LogP) is 0.283. The first kappa shape index (κ1) is 9.39. The Morgan fingerprint density at radius 1 is 1.40 bits per heavy atom. The molecule has 1 heterocycles. The molecule has 0 radical (unpaired) electrons. The summed E-state index contributed by atoms with van der Waals surface area (Å²) >= 11 is 0. The van der Waals surface area contributed by atoms with E-state index in [2.05, 4.69) is 15.3 Å². The summed E-state index contributed by atoms with van der Waals surface area (Å²) in [5, 5.41) is 2.37. The van der Waals surface area contributed by atoms with Gasteiger partial charge in [0.15, 0.2) is 5.69 Å². The van der Waals surface area contributed by atoms with E-state index in [1.165, 1.54) is 7.05 Å². The van der Waals surface area contributed by atoms with Crippen LogP contribution in [-0.4, -0.2) is 22.9 Å². The van der Waals surface area contributed by atoms with E-state index in [1.54, 1.807) is 24.3 Å². The fourth-order valence-corrected chi connectivity index (χ4v) is 1.30. The summed E-state index contributed by atoms with van der Waals surface area (Å²) in [5.74, 6) is -0.484. The van der Waals surface area contributed by atoms with Crippen molar-refractivity contribution in [2.45, 2.75) is 0 Å². The Labute approximate surface area is 85.2 Å². The number of H-pyrrole nitrogens is 1. The fraction of sp³-hybridized carbons (Fsp3) is 0.100. The van der Waals surface area contributed by atoms with Gasteiger partial charge in [-0.3, -0.25) is 9.59 Å². The number of amides is 1. The molecule has 0 aliphatic heterocycles. The van der Waals surface area contributed by atoms with E-state index >= 15 is 0 Å². The highest BCUT2D eigenvalue weighted by Gasteiger charge is 2.11. The Kier molecular flexibility index (Phi) is 2.21. The van der Waals surface area contributed by atoms with Gasteiger partial charge < -0.3 is 10.3 Å². The third-order valence-electron chi connectivity index (χ3n) is 2.04. The monoisotopic (exact) mass is 203 g/mol. The number of benzene rings is 1. The number of hydrogen-bond donors (Lipinski definition) is 2. The van der Waals surface area contributed by atoms with Crippen molar-refractivity contribution in [2.24, 2.45) is 0 Å². The first-order chi connectivity index (χ1) is 7.22. The summed E-state index contributed by atoms with van der Waals surface area (Å²) in [6.45, 7) is 0. The Bertz CT molecular complexity index is 574. The second-order valence-electron chi connectivity index (χ2n) is 3.01. The van der Waals surface area contributed by atoms with Crippen molar-refractivity contribution in [3.63, 3.8) is 0 Å². The molecule has 1 aromatic heterocycles. The van der Waals surface area contributed by atoms with Crippen LogP contribution < -0.4 is 10.9 Å². The molecule has 0 fully saturated rings. The van der Waals surface area contributed by atoms with Gasteiger partial charge in [-0.15, -0.1) is 0 Å². The summed E-state index contributed by atoms with van der Waals surface area (Å²) in [6, 6.07) is 7.05. The average Bonchev–Trinajstić information content (AvgIpc) is 2.27. The van der Waals surface area contributed by atoms with Crippen LogP contribution in [0.25, 0.3) is 11.0 Å². The van der Waals surface area contributed by atoms with Crippen LogP contribution in [0.2, 0.25) is 0 Å². The highest BCUT2D eigenvalue weighted by atomic mass is 16.2. The van der Waals surface area contributed by atoms with E-state index in [-0.39, 0.29) is 5.69 Å². The Hall–Kier alpha value is -2.17. The van der Waals surface area contributed by atoms with E-state index in [0.717, 1.165) is 0 Å². The molecule has 2 aromatic rings.